The molecule has 3 N–H and O–H groups in total. The number of aryl methyl sites for hydroxylation is 2. The summed E-state index contributed by atoms with van der Waals surface area (Å²) in [6, 6.07) is 13.3. The van der Waals surface area contributed by atoms with E-state index in [1.165, 1.54) is 0 Å². The molecule has 1 atom stereocenters. The van der Waals surface area contributed by atoms with Gasteiger partial charge in [-0.2, -0.15) is 0 Å². The smallest absolute Gasteiger partial charge is 0.315 e. The van der Waals surface area contributed by atoms with Crippen LogP contribution in [-0.4, -0.2) is 22.7 Å². The maximum Gasteiger partial charge on any atom is 0.315 e. The summed E-state index contributed by atoms with van der Waals surface area (Å²) in [5, 5.41) is 16.5. The van der Waals surface area contributed by atoms with E-state index in [-0.39, 0.29) is 12.6 Å². The number of nitrogens with one attached hydrogen (secondary N) is 2. The van der Waals surface area contributed by atoms with Crippen molar-refractivity contribution in [3.8, 4) is 0 Å². The summed E-state index contributed by atoms with van der Waals surface area (Å²) in [6.07, 6.45) is 2.55. The Morgan fingerprint density at radius 3 is 2.88 bits per heavy atom. The topological polar surface area (TPSA) is 74.2 Å². The molecule has 1 aromatic carbocycles. The highest BCUT2D eigenvalue weighted by Crippen LogP contribution is 2.34. The molecule has 24 heavy (non-hydrogen) atoms. The first-order chi connectivity index (χ1) is 11.6. The summed E-state index contributed by atoms with van der Waals surface area (Å²) >= 11 is 0. The molecule has 1 aliphatic rings. The van der Waals surface area contributed by atoms with Gasteiger partial charge in [-0.3, -0.25) is 4.98 Å². The minimum absolute atomic E-state index is 0.205. The predicted octanol–water partition coefficient (Wildman–Crippen LogP) is 2.41. The summed E-state index contributed by atoms with van der Waals surface area (Å²) in [5.41, 5.74) is 2.83. The zero-order chi connectivity index (χ0) is 17.0. The number of aliphatic hydroxyl groups is 1. The number of hydrogen-bond acceptors (Lipinski definition) is 3. The fourth-order valence-electron chi connectivity index (χ4n) is 3.24. The molecule has 0 fully saturated rings. The number of rotatable bonds is 4. The minimum Gasteiger partial charge on any atom is -0.383 e. The van der Waals surface area contributed by atoms with Gasteiger partial charge in [0, 0.05) is 5.69 Å². The van der Waals surface area contributed by atoms with Crippen molar-refractivity contribution in [1.29, 1.82) is 0 Å². The summed E-state index contributed by atoms with van der Waals surface area (Å²) in [7, 11) is 0. The van der Waals surface area contributed by atoms with Crippen molar-refractivity contribution in [3.05, 3.63) is 65.0 Å². The third kappa shape index (κ3) is 3.74. The van der Waals surface area contributed by atoms with Gasteiger partial charge < -0.3 is 15.7 Å². The predicted molar refractivity (Wildman–Crippen MR) is 92.5 cm³/mol. The second-order valence-electron chi connectivity index (χ2n) is 6.35. The maximum atomic E-state index is 12.0. The van der Waals surface area contributed by atoms with Gasteiger partial charge in [0.05, 0.1) is 18.8 Å². The standard InChI is InChI=1S/C19H23N3O2/c1-14-6-4-9-16(22-14)12-20-18(23)21-13-19(24)11-5-8-15-7-2-3-10-17(15)19/h2-4,6-7,9-10,24H,5,8,11-13H2,1H3,(H2,20,21,23). The van der Waals surface area contributed by atoms with Crippen molar-refractivity contribution >= 4 is 6.03 Å². The normalized spacial score (nSPS) is 19.4. The van der Waals surface area contributed by atoms with E-state index >= 15 is 0 Å². The number of pyridine rings is 1. The van der Waals surface area contributed by atoms with Crippen molar-refractivity contribution in [3.63, 3.8) is 0 Å². The Kier molecular flexibility index (Phi) is 4.81. The summed E-state index contributed by atoms with van der Waals surface area (Å²) in [5.74, 6) is 0. The van der Waals surface area contributed by atoms with E-state index in [1.807, 2.05) is 49.4 Å². The third-order valence-corrected chi connectivity index (χ3v) is 4.47. The molecule has 126 valence electrons. The van der Waals surface area contributed by atoms with E-state index in [0.29, 0.717) is 13.0 Å². The number of nitrogens with zero attached hydrogens (tertiary/aromatic N) is 1. The van der Waals surface area contributed by atoms with E-state index < -0.39 is 5.60 Å². The molecule has 0 saturated heterocycles. The Labute approximate surface area is 142 Å². The first-order valence-corrected chi connectivity index (χ1v) is 8.32. The summed E-state index contributed by atoms with van der Waals surface area (Å²) in [4.78, 5) is 16.4. The Hall–Kier alpha value is -2.40. The Morgan fingerprint density at radius 2 is 2.04 bits per heavy atom. The van der Waals surface area contributed by atoms with Gasteiger partial charge in [0.15, 0.2) is 0 Å². The molecule has 2 aromatic rings. The molecule has 1 unspecified atom stereocenters. The first-order valence-electron chi connectivity index (χ1n) is 8.32. The minimum atomic E-state index is -0.992. The molecule has 3 rings (SSSR count). The lowest BCUT2D eigenvalue weighted by Gasteiger charge is -2.34. The lowest BCUT2D eigenvalue weighted by Crippen LogP contribution is -2.46. The number of aromatic nitrogens is 1. The SMILES string of the molecule is Cc1cccc(CNC(=O)NCC2(O)CCCc3ccccc32)n1. The molecule has 0 aliphatic heterocycles. The fraction of sp³-hybridized carbons (Fsp3) is 0.368. The molecular formula is C19H23N3O2. The number of fused-ring (bicyclic) bond motifs is 1. The molecule has 5 nitrogen and oxygen atoms in total. The van der Waals surface area contributed by atoms with Gasteiger partial charge in [0.2, 0.25) is 0 Å². The lowest BCUT2D eigenvalue weighted by molar-refractivity contribution is 0.0217. The highest BCUT2D eigenvalue weighted by atomic mass is 16.3. The highest BCUT2D eigenvalue weighted by Gasteiger charge is 2.34. The number of amides is 2. The largest absolute Gasteiger partial charge is 0.383 e. The monoisotopic (exact) mass is 325 g/mol. The maximum absolute atomic E-state index is 12.0. The van der Waals surface area contributed by atoms with Crippen LogP contribution in [0.3, 0.4) is 0 Å². The first kappa shape index (κ1) is 16.5. The molecule has 1 heterocycles. The van der Waals surface area contributed by atoms with E-state index in [1.54, 1.807) is 0 Å². The molecular weight excluding hydrogens is 302 g/mol. The molecule has 1 aliphatic carbocycles. The van der Waals surface area contributed by atoms with Gasteiger partial charge in [-0.15, -0.1) is 0 Å². The number of carbonyl (C=O) groups excluding carboxylic acids is 1. The van der Waals surface area contributed by atoms with Crippen LogP contribution >= 0.6 is 0 Å². The van der Waals surface area contributed by atoms with Gasteiger partial charge in [0.25, 0.3) is 0 Å². The van der Waals surface area contributed by atoms with E-state index in [2.05, 4.69) is 15.6 Å². The van der Waals surface area contributed by atoms with Gasteiger partial charge in [-0.1, -0.05) is 30.3 Å². The van der Waals surface area contributed by atoms with Gasteiger partial charge >= 0.3 is 6.03 Å². The fourth-order valence-corrected chi connectivity index (χ4v) is 3.24. The second-order valence-corrected chi connectivity index (χ2v) is 6.35. The third-order valence-electron chi connectivity index (χ3n) is 4.47. The van der Waals surface area contributed by atoms with Crippen LogP contribution < -0.4 is 10.6 Å². The number of carbonyl (C=O) groups is 1. The highest BCUT2D eigenvalue weighted by molar-refractivity contribution is 5.73. The number of urea groups is 1. The van der Waals surface area contributed by atoms with E-state index in [4.69, 9.17) is 0 Å². The molecule has 1 aromatic heterocycles. The van der Waals surface area contributed by atoms with Crippen LogP contribution in [0.1, 0.15) is 35.4 Å². The molecule has 0 radical (unpaired) electrons. The van der Waals surface area contributed by atoms with Crippen LogP contribution in [-0.2, 0) is 18.6 Å². The Bertz CT molecular complexity index is 732. The molecule has 0 bridgehead atoms. The van der Waals surface area contributed by atoms with Crippen LogP contribution in [0.5, 0.6) is 0 Å². The Morgan fingerprint density at radius 1 is 1.21 bits per heavy atom. The zero-order valence-electron chi connectivity index (χ0n) is 13.9. The van der Waals surface area contributed by atoms with Gasteiger partial charge in [0.1, 0.15) is 5.60 Å². The lowest BCUT2D eigenvalue weighted by atomic mass is 9.79. The van der Waals surface area contributed by atoms with Crippen molar-refractivity contribution in [1.82, 2.24) is 15.6 Å². The van der Waals surface area contributed by atoms with Gasteiger partial charge in [-0.25, -0.2) is 4.79 Å². The van der Waals surface area contributed by atoms with Crippen molar-refractivity contribution in [2.75, 3.05) is 6.54 Å². The van der Waals surface area contributed by atoms with E-state index in [9.17, 15) is 9.90 Å². The van der Waals surface area contributed by atoms with E-state index in [0.717, 1.165) is 35.4 Å². The van der Waals surface area contributed by atoms with Crippen molar-refractivity contribution in [2.24, 2.45) is 0 Å². The average Bonchev–Trinajstić information content (AvgIpc) is 2.59. The average molecular weight is 325 g/mol. The molecule has 0 saturated carbocycles. The summed E-state index contributed by atoms with van der Waals surface area (Å²) < 4.78 is 0. The van der Waals surface area contributed by atoms with Crippen LogP contribution in [0.25, 0.3) is 0 Å². The van der Waals surface area contributed by atoms with Crippen LogP contribution in [0.15, 0.2) is 42.5 Å². The van der Waals surface area contributed by atoms with Crippen LogP contribution in [0, 0.1) is 6.92 Å². The molecule has 0 spiro atoms. The number of benzene rings is 1. The quantitative estimate of drug-likeness (QED) is 0.808. The number of hydrogen-bond donors (Lipinski definition) is 3. The molecule has 5 heteroatoms. The van der Waals surface area contributed by atoms with Crippen LogP contribution in [0.2, 0.25) is 0 Å². The molecule has 2 amide bonds. The van der Waals surface area contributed by atoms with Crippen LogP contribution in [0.4, 0.5) is 4.79 Å². The van der Waals surface area contributed by atoms with Crippen molar-refractivity contribution < 1.29 is 9.90 Å². The zero-order valence-corrected chi connectivity index (χ0v) is 13.9. The van der Waals surface area contributed by atoms with Crippen molar-refractivity contribution in [2.45, 2.75) is 38.3 Å². The second kappa shape index (κ2) is 7.01. The summed E-state index contributed by atoms with van der Waals surface area (Å²) in [6.45, 7) is 2.49. The van der Waals surface area contributed by atoms with Gasteiger partial charge in [-0.05, 0) is 49.4 Å². The Balaban J connectivity index is 1.56.